The van der Waals surface area contributed by atoms with Gasteiger partial charge in [-0.1, -0.05) is 19.1 Å². The zero-order valence-corrected chi connectivity index (χ0v) is 11.2. The van der Waals surface area contributed by atoms with Gasteiger partial charge in [0.15, 0.2) is 0 Å². The minimum Gasteiger partial charge on any atom is -0.385 e. The number of hydrogen-bond donors (Lipinski definition) is 1. The van der Waals surface area contributed by atoms with Crippen molar-refractivity contribution in [1.82, 2.24) is 5.32 Å². The van der Waals surface area contributed by atoms with Crippen molar-refractivity contribution in [3.63, 3.8) is 0 Å². The fourth-order valence-electron chi connectivity index (χ4n) is 1.45. The molecule has 0 bridgehead atoms. The van der Waals surface area contributed by atoms with E-state index in [-0.39, 0.29) is 5.82 Å². The highest BCUT2D eigenvalue weighted by Gasteiger charge is 2.07. The first-order chi connectivity index (χ1) is 8.24. The minimum absolute atomic E-state index is 0.135. The van der Waals surface area contributed by atoms with Gasteiger partial charge in [-0.15, -0.1) is 11.8 Å². The third-order valence-electron chi connectivity index (χ3n) is 2.30. The Morgan fingerprint density at radius 2 is 2.18 bits per heavy atom. The standard InChI is InChI=1S/C13H20FNOS/c1-11(10-15-8-5-9-16-2)17-13-7-4-3-6-12(13)14/h3-4,6-7,11,15H,5,8-10H2,1-2H3. The van der Waals surface area contributed by atoms with Crippen LogP contribution in [0, 0.1) is 5.82 Å². The topological polar surface area (TPSA) is 21.3 Å². The van der Waals surface area contributed by atoms with Crippen LogP contribution in [0.3, 0.4) is 0 Å². The number of halogens is 1. The van der Waals surface area contributed by atoms with E-state index >= 15 is 0 Å². The van der Waals surface area contributed by atoms with E-state index < -0.39 is 0 Å². The third-order valence-corrected chi connectivity index (χ3v) is 3.45. The molecule has 2 nitrogen and oxygen atoms in total. The fourth-order valence-corrected chi connectivity index (χ4v) is 2.42. The largest absolute Gasteiger partial charge is 0.385 e. The smallest absolute Gasteiger partial charge is 0.136 e. The lowest BCUT2D eigenvalue weighted by Crippen LogP contribution is -2.24. The van der Waals surface area contributed by atoms with Crippen molar-refractivity contribution in [3.8, 4) is 0 Å². The van der Waals surface area contributed by atoms with Crippen molar-refractivity contribution < 1.29 is 9.13 Å². The summed E-state index contributed by atoms with van der Waals surface area (Å²) < 4.78 is 18.3. The molecule has 0 aromatic heterocycles. The van der Waals surface area contributed by atoms with Crippen molar-refractivity contribution in [2.24, 2.45) is 0 Å². The van der Waals surface area contributed by atoms with Crippen LogP contribution >= 0.6 is 11.8 Å². The van der Waals surface area contributed by atoms with Gasteiger partial charge in [0.1, 0.15) is 5.82 Å². The van der Waals surface area contributed by atoms with Gasteiger partial charge >= 0.3 is 0 Å². The van der Waals surface area contributed by atoms with Crippen LogP contribution in [-0.2, 0) is 4.74 Å². The molecule has 0 amide bonds. The second-order valence-electron chi connectivity index (χ2n) is 3.91. The summed E-state index contributed by atoms with van der Waals surface area (Å²) in [4.78, 5) is 0.721. The van der Waals surface area contributed by atoms with Crippen molar-refractivity contribution in [3.05, 3.63) is 30.1 Å². The lowest BCUT2D eigenvalue weighted by Gasteiger charge is -2.12. The SMILES string of the molecule is COCCCNCC(C)Sc1ccccc1F. The summed E-state index contributed by atoms with van der Waals surface area (Å²) in [5, 5.41) is 3.69. The minimum atomic E-state index is -0.135. The lowest BCUT2D eigenvalue weighted by atomic mass is 10.3. The van der Waals surface area contributed by atoms with Gasteiger partial charge in [-0.25, -0.2) is 4.39 Å². The molecule has 0 aliphatic heterocycles. The predicted octanol–water partition coefficient (Wildman–Crippen LogP) is 2.93. The summed E-state index contributed by atoms with van der Waals surface area (Å²) in [6.45, 7) is 4.70. The van der Waals surface area contributed by atoms with E-state index in [0.29, 0.717) is 5.25 Å². The number of rotatable bonds is 8. The highest BCUT2D eigenvalue weighted by atomic mass is 32.2. The Hall–Kier alpha value is -0.580. The average molecular weight is 257 g/mol. The van der Waals surface area contributed by atoms with Crippen molar-refractivity contribution in [1.29, 1.82) is 0 Å². The number of hydrogen-bond acceptors (Lipinski definition) is 3. The van der Waals surface area contributed by atoms with E-state index in [1.807, 2.05) is 12.1 Å². The summed E-state index contributed by atoms with van der Waals surface area (Å²) in [6.07, 6.45) is 1.01. The van der Waals surface area contributed by atoms with Crippen molar-refractivity contribution >= 4 is 11.8 Å². The van der Waals surface area contributed by atoms with Crippen LogP contribution in [0.1, 0.15) is 13.3 Å². The molecule has 4 heteroatoms. The Kier molecular flexibility index (Phi) is 7.24. The number of methoxy groups -OCH3 is 1. The highest BCUT2D eigenvalue weighted by molar-refractivity contribution is 8.00. The zero-order chi connectivity index (χ0) is 12.5. The molecule has 0 spiro atoms. The number of benzene rings is 1. The first-order valence-electron chi connectivity index (χ1n) is 5.85. The Bertz CT molecular complexity index is 322. The molecule has 0 saturated heterocycles. The first-order valence-corrected chi connectivity index (χ1v) is 6.73. The molecule has 1 atom stereocenters. The molecular formula is C13H20FNOS. The van der Waals surface area contributed by atoms with Crippen LogP contribution in [-0.4, -0.2) is 32.1 Å². The van der Waals surface area contributed by atoms with E-state index in [1.54, 1.807) is 24.9 Å². The van der Waals surface area contributed by atoms with Gasteiger partial charge in [-0.2, -0.15) is 0 Å². The summed E-state index contributed by atoms with van der Waals surface area (Å²) in [6, 6.07) is 6.90. The molecule has 0 aliphatic rings. The van der Waals surface area contributed by atoms with Crippen LogP contribution in [0.5, 0.6) is 0 Å². The number of ether oxygens (including phenoxy) is 1. The molecule has 17 heavy (non-hydrogen) atoms. The number of nitrogens with one attached hydrogen (secondary N) is 1. The molecule has 1 N–H and O–H groups in total. The molecule has 1 rings (SSSR count). The van der Waals surface area contributed by atoms with Gasteiger partial charge in [0.25, 0.3) is 0 Å². The van der Waals surface area contributed by atoms with Crippen molar-refractivity contribution in [2.75, 3.05) is 26.8 Å². The van der Waals surface area contributed by atoms with Gasteiger partial charge in [0.05, 0.1) is 0 Å². The Morgan fingerprint density at radius 1 is 1.41 bits per heavy atom. The second kappa shape index (κ2) is 8.50. The molecule has 0 heterocycles. The Morgan fingerprint density at radius 3 is 2.88 bits per heavy atom. The van der Waals surface area contributed by atoms with Gasteiger partial charge in [0, 0.05) is 30.4 Å². The highest BCUT2D eigenvalue weighted by Crippen LogP contribution is 2.25. The average Bonchev–Trinajstić information content (AvgIpc) is 2.32. The summed E-state index contributed by atoms with van der Waals surface area (Å²) in [7, 11) is 1.71. The molecular weight excluding hydrogens is 237 g/mol. The van der Waals surface area contributed by atoms with E-state index in [1.165, 1.54) is 6.07 Å². The van der Waals surface area contributed by atoms with Crippen molar-refractivity contribution in [2.45, 2.75) is 23.5 Å². The Balaban J connectivity index is 2.21. The van der Waals surface area contributed by atoms with Crippen LogP contribution in [0.25, 0.3) is 0 Å². The van der Waals surface area contributed by atoms with E-state index in [9.17, 15) is 4.39 Å². The van der Waals surface area contributed by atoms with E-state index in [0.717, 1.165) is 31.0 Å². The van der Waals surface area contributed by atoms with E-state index in [2.05, 4.69) is 12.2 Å². The fraction of sp³-hybridized carbons (Fsp3) is 0.538. The summed E-state index contributed by atoms with van der Waals surface area (Å²) in [5.74, 6) is -0.135. The second-order valence-corrected chi connectivity index (χ2v) is 5.39. The van der Waals surface area contributed by atoms with E-state index in [4.69, 9.17) is 4.74 Å². The summed E-state index contributed by atoms with van der Waals surface area (Å²) in [5.41, 5.74) is 0. The van der Waals surface area contributed by atoms with Gasteiger partial charge in [-0.3, -0.25) is 0 Å². The zero-order valence-electron chi connectivity index (χ0n) is 10.4. The maximum Gasteiger partial charge on any atom is 0.136 e. The van der Waals surface area contributed by atoms with Gasteiger partial charge < -0.3 is 10.1 Å². The maximum absolute atomic E-state index is 13.4. The molecule has 96 valence electrons. The lowest BCUT2D eigenvalue weighted by molar-refractivity contribution is 0.194. The normalized spacial score (nSPS) is 12.6. The molecule has 0 aliphatic carbocycles. The Labute approximate surface area is 107 Å². The quantitative estimate of drug-likeness (QED) is 0.571. The van der Waals surface area contributed by atoms with Crippen LogP contribution < -0.4 is 5.32 Å². The first kappa shape index (κ1) is 14.5. The predicted molar refractivity (Wildman–Crippen MR) is 71.1 cm³/mol. The number of thioether (sulfide) groups is 1. The molecule has 1 aromatic carbocycles. The molecule has 0 saturated carbocycles. The molecule has 1 aromatic rings. The monoisotopic (exact) mass is 257 g/mol. The third kappa shape index (κ3) is 6.05. The molecule has 1 unspecified atom stereocenters. The summed E-state index contributed by atoms with van der Waals surface area (Å²) >= 11 is 1.57. The molecule has 0 fully saturated rings. The van der Waals surface area contributed by atoms with Gasteiger partial charge in [-0.05, 0) is 25.1 Å². The van der Waals surface area contributed by atoms with Crippen LogP contribution in [0.4, 0.5) is 4.39 Å². The van der Waals surface area contributed by atoms with Crippen LogP contribution in [0.2, 0.25) is 0 Å². The molecule has 0 radical (unpaired) electrons. The van der Waals surface area contributed by atoms with Crippen LogP contribution in [0.15, 0.2) is 29.2 Å². The maximum atomic E-state index is 13.4. The van der Waals surface area contributed by atoms with Gasteiger partial charge in [0.2, 0.25) is 0 Å².